The van der Waals surface area contributed by atoms with E-state index < -0.39 is 0 Å². The molecule has 0 aliphatic carbocycles. The monoisotopic (exact) mass is 276 g/mol. The van der Waals surface area contributed by atoms with Crippen molar-refractivity contribution in [1.29, 1.82) is 0 Å². The summed E-state index contributed by atoms with van der Waals surface area (Å²) in [6.45, 7) is 7.85. The number of aliphatic hydroxyl groups is 1. The normalized spacial score (nSPS) is 22.1. The van der Waals surface area contributed by atoms with Gasteiger partial charge in [0.1, 0.15) is 0 Å². The van der Waals surface area contributed by atoms with E-state index in [0.717, 1.165) is 13.1 Å². The lowest BCUT2D eigenvalue weighted by atomic mass is 10.00. The molecule has 0 radical (unpaired) electrons. The van der Waals surface area contributed by atoms with Crippen molar-refractivity contribution in [3.05, 3.63) is 35.9 Å². The van der Waals surface area contributed by atoms with Crippen molar-refractivity contribution in [2.45, 2.75) is 45.3 Å². The molecule has 2 rings (SSSR count). The summed E-state index contributed by atoms with van der Waals surface area (Å²) in [5, 5.41) is 13.1. The highest BCUT2D eigenvalue weighted by atomic mass is 16.3. The van der Waals surface area contributed by atoms with Gasteiger partial charge in [-0.15, -0.1) is 0 Å². The van der Waals surface area contributed by atoms with Crippen LogP contribution in [0.2, 0.25) is 0 Å². The van der Waals surface area contributed by atoms with Gasteiger partial charge in [0.15, 0.2) is 0 Å². The summed E-state index contributed by atoms with van der Waals surface area (Å²) in [5.41, 5.74) is 1.38. The van der Waals surface area contributed by atoms with Gasteiger partial charge in [0.25, 0.3) is 0 Å². The van der Waals surface area contributed by atoms with Crippen molar-refractivity contribution in [3.63, 3.8) is 0 Å². The largest absolute Gasteiger partial charge is 0.395 e. The molecule has 0 amide bonds. The average molecular weight is 276 g/mol. The zero-order valence-corrected chi connectivity index (χ0v) is 12.8. The summed E-state index contributed by atoms with van der Waals surface area (Å²) in [4.78, 5) is 2.52. The van der Waals surface area contributed by atoms with E-state index >= 15 is 0 Å². The third-order valence-corrected chi connectivity index (χ3v) is 4.21. The maximum absolute atomic E-state index is 9.45. The molecule has 20 heavy (non-hydrogen) atoms. The zero-order chi connectivity index (χ0) is 14.4. The Labute approximate surface area is 123 Å². The third-order valence-electron chi connectivity index (χ3n) is 4.21. The van der Waals surface area contributed by atoms with Gasteiger partial charge in [0.2, 0.25) is 0 Å². The molecule has 112 valence electrons. The Kier molecular flexibility index (Phi) is 6.02. The fourth-order valence-corrected chi connectivity index (χ4v) is 2.94. The molecule has 3 heteroatoms. The minimum Gasteiger partial charge on any atom is -0.395 e. The van der Waals surface area contributed by atoms with Crippen LogP contribution in [0, 0.1) is 5.92 Å². The standard InChI is InChI=1S/C17H28N2O/c1-14(2)17(13-20)18-16-9-6-10-19(12-16)11-15-7-4-3-5-8-15/h3-5,7-8,14,16-18,20H,6,9-13H2,1-2H3. The molecular weight excluding hydrogens is 248 g/mol. The third kappa shape index (κ3) is 4.58. The Hall–Kier alpha value is -0.900. The maximum Gasteiger partial charge on any atom is 0.0587 e. The zero-order valence-electron chi connectivity index (χ0n) is 12.8. The van der Waals surface area contributed by atoms with Crippen molar-refractivity contribution in [3.8, 4) is 0 Å². The number of nitrogens with zero attached hydrogens (tertiary/aromatic N) is 1. The van der Waals surface area contributed by atoms with Crippen LogP contribution in [-0.2, 0) is 6.54 Å². The van der Waals surface area contributed by atoms with Gasteiger partial charge in [-0.2, -0.15) is 0 Å². The molecule has 1 aliphatic rings. The highest BCUT2D eigenvalue weighted by Gasteiger charge is 2.23. The van der Waals surface area contributed by atoms with E-state index in [2.05, 4.69) is 54.4 Å². The van der Waals surface area contributed by atoms with Gasteiger partial charge < -0.3 is 10.4 Å². The van der Waals surface area contributed by atoms with Crippen LogP contribution in [0.3, 0.4) is 0 Å². The molecule has 1 aromatic carbocycles. The van der Waals surface area contributed by atoms with Crippen LogP contribution in [0.5, 0.6) is 0 Å². The first kappa shape index (κ1) is 15.5. The van der Waals surface area contributed by atoms with Crippen LogP contribution in [0.4, 0.5) is 0 Å². The smallest absolute Gasteiger partial charge is 0.0587 e. The fourth-order valence-electron chi connectivity index (χ4n) is 2.94. The van der Waals surface area contributed by atoms with Crippen molar-refractivity contribution in [1.82, 2.24) is 10.2 Å². The van der Waals surface area contributed by atoms with E-state index in [9.17, 15) is 5.11 Å². The van der Waals surface area contributed by atoms with Gasteiger partial charge in [-0.25, -0.2) is 0 Å². The predicted molar refractivity (Wildman–Crippen MR) is 83.6 cm³/mol. The van der Waals surface area contributed by atoms with Crippen LogP contribution in [0.25, 0.3) is 0 Å². The van der Waals surface area contributed by atoms with E-state index in [0.29, 0.717) is 12.0 Å². The summed E-state index contributed by atoms with van der Waals surface area (Å²) in [6.07, 6.45) is 2.45. The fraction of sp³-hybridized carbons (Fsp3) is 0.647. The van der Waals surface area contributed by atoms with Crippen molar-refractivity contribution in [2.75, 3.05) is 19.7 Å². The highest BCUT2D eigenvalue weighted by Crippen LogP contribution is 2.15. The van der Waals surface area contributed by atoms with Gasteiger partial charge in [0, 0.05) is 25.2 Å². The van der Waals surface area contributed by atoms with E-state index in [1.54, 1.807) is 0 Å². The molecule has 1 fully saturated rings. The Balaban J connectivity index is 1.85. The lowest BCUT2D eigenvalue weighted by molar-refractivity contribution is 0.144. The summed E-state index contributed by atoms with van der Waals surface area (Å²) < 4.78 is 0. The Morgan fingerprint density at radius 3 is 2.70 bits per heavy atom. The van der Waals surface area contributed by atoms with Gasteiger partial charge in [-0.05, 0) is 30.9 Å². The minimum atomic E-state index is 0.219. The Morgan fingerprint density at radius 1 is 1.30 bits per heavy atom. The molecular formula is C17H28N2O. The van der Waals surface area contributed by atoms with Gasteiger partial charge in [-0.3, -0.25) is 4.90 Å². The summed E-state index contributed by atoms with van der Waals surface area (Å²) in [7, 11) is 0. The summed E-state index contributed by atoms with van der Waals surface area (Å²) >= 11 is 0. The molecule has 1 aromatic rings. The number of aliphatic hydroxyl groups excluding tert-OH is 1. The Morgan fingerprint density at radius 2 is 2.05 bits per heavy atom. The second kappa shape index (κ2) is 7.77. The van der Waals surface area contributed by atoms with Crippen LogP contribution >= 0.6 is 0 Å². The Bertz CT molecular complexity index is 380. The van der Waals surface area contributed by atoms with Crippen molar-refractivity contribution in [2.24, 2.45) is 5.92 Å². The van der Waals surface area contributed by atoms with E-state index in [1.165, 1.54) is 24.9 Å². The molecule has 3 nitrogen and oxygen atoms in total. The van der Waals surface area contributed by atoms with Crippen LogP contribution in [0.15, 0.2) is 30.3 Å². The number of nitrogens with one attached hydrogen (secondary N) is 1. The number of hydrogen-bond donors (Lipinski definition) is 2. The quantitative estimate of drug-likeness (QED) is 0.836. The molecule has 2 N–H and O–H groups in total. The first-order valence-electron chi connectivity index (χ1n) is 7.82. The molecule has 1 aliphatic heterocycles. The molecule has 2 atom stereocenters. The predicted octanol–water partition coefficient (Wildman–Crippen LogP) is 2.26. The van der Waals surface area contributed by atoms with Gasteiger partial charge in [0.05, 0.1) is 6.61 Å². The highest BCUT2D eigenvalue weighted by molar-refractivity contribution is 5.14. The maximum atomic E-state index is 9.45. The number of hydrogen-bond acceptors (Lipinski definition) is 3. The molecule has 1 saturated heterocycles. The molecule has 0 saturated carbocycles. The van der Waals surface area contributed by atoms with E-state index in [4.69, 9.17) is 0 Å². The molecule has 0 spiro atoms. The molecule has 1 heterocycles. The summed E-state index contributed by atoms with van der Waals surface area (Å²) in [6, 6.07) is 11.4. The lowest BCUT2D eigenvalue weighted by Crippen LogP contribution is -2.51. The topological polar surface area (TPSA) is 35.5 Å². The van der Waals surface area contributed by atoms with Gasteiger partial charge >= 0.3 is 0 Å². The average Bonchev–Trinajstić information content (AvgIpc) is 2.46. The van der Waals surface area contributed by atoms with E-state index in [-0.39, 0.29) is 12.6 Å². The molecule has 2 unspecified atom stereocenters. The SMILES string of the molecule is CC(C)C(CO)NC1CCCN(Cc2ccccc2)C1. The van der Waals surface area contributed by atoms with Gasteiger partial charge in [-0.1, -0.05) is 44.2 Å². The van der Waals surface area contributed by atoms with E-state index in [1.807, 2.05) is 0 Å². The minimum absolute atomic E-state index is 0.219. The number of benzene rings is 1. The van der Waals surface area contributed by atoms with Crippen LogP contribution in [-0.4, -0.2) is 41.8 Å². The van der Waals surface area contributed by atoms with Crippen LogP contribution in [0.1, 0.15) is 32.3 Å². The number of rotatable bonds is 6. The molecule has 0 bridgehead atoms. The van der Waals surface area contributed by atoms with Crippen LogP contribution < -0.4 is 5.32 Å². The van der Waals surface area contributed by atoms with Crippen molar-refractivity contribution < 1.29 is 5.11 Å². The first-order chi connectivity index (χ1) is 9.69. The summed E-state index contributed by atoms with van der Waals surface area (Å²) in [5.74, 6) is 0.476. The number of piperidine rings is 1. The first-order valence-corrected chi connectivity index (χ1v) is 7.82. The van der Waals surface area contributed by atoms with Crippen molar-refractivity contribution >= 4 is 0 Å². The lowest BCUT2D eigenvalue weighted by Gasteiger charge is -2.36. The second-order valence-corrected chi connectivity index (χ2v) is 6.26. The molecule has 0 aromatic heterocycles. The number of likely N-dealkylation sites (tertiary alicyclic amines) is 1. The second-order valence-electron chi connectivity index (χ2n) is 6.26.